The van der Waals surface area contributed by atoms with E-state index in [0.717, 1.165) is 10.5 Å². The highest BCUT2D eigenvalue weighted by molar-refractivity contribution is 7.98. The maximum atomic E-state index is 12.7. The third-order valence-electron chi connectivity index (χ3n) is 3.63. The first kappa shape index (κ1) is 19.2. The van der Waals surface area contributed by atoms with Gasteiger partial charge in [-0.15, -0.1) is 24.9 Å². The molecule has 0 aliphatic heterocycles. The molecule has 2 rings (SSSR count). The van der Waals surface area contributed by atoms with E-state index in [-0.39, 0.29) is 23.8 Å². The van der Waals surface area contributed by atoms with Crippen LogP contribution in [0.3, 0.4) is 0 Å². The fraction of sp³-hybridized carbons (Fsp3) is 0.278. The molecule has 0 bridgehead atoms. The topological polar surface area (TPSA) is 29.5 Å². The maximum Gasteiger partial charge on any atom is 0.573 e. The minimum atomic E-state index is -4.78. The van der Waals surface area contributed by atoms with E-state index in [1.807, 2.05) is 25.3 Å². The number of hydrogen-bond donors (Lipinski definition) is 0. The number of alkyl halides is 3. The highest BCUT2D eigenvalue weighted by Gasteiger charge is 2.32. The van der Waals surface area contributed by atoms with Crippen LogP contribution in [-0.4, -0.2) is 30.5 Å². The summed E-state index contributed by atoms with van der Waals surface area (Å²) in [4.78, 5) is 15.0. The summed E-state index contributed by atoms with van der Waals surface area (Å²) in [5, 5.41) is 0. The van der Waals surface area contributed by atoms with E-state index >= 15 is 0 Å². The zero-order valence-corrected chi connectivity index (χ0v) is 14.9. The van der Waals surface area contributed by atoms with E-state index in [9.17, 15) is 18.0 Å². The van der Waals surface area contributed by atoms with Gasteiger partial charge in [-0.05, 0) is 36.9 Å². The standard InChI is InChI=1S/C18H18F3NO2S/c1-12-8-9-14(25-3)10-15(12)17(23)22(2)11-13-6-4-5-7-16(13)24-18(19,20)21/h4-10H,11H2,1-3H3. The number of aryl methyl sites for hydroxylation is 1. The van der Waals surface area contributed by atoms with Gasteiger partial charge in [0.05, 0.1) is 0 Å². The average Bonchev–Trinajstić information content (AvgIpc) is 2.55. The highest BCUT2D eigenvalue weighted by Crippen LogP contribution is 2.27. The van der Waals surface area contributed by atoms with E-state index in [4.69, 9.17) is 0 Å². The number of para-hydroxylation sites is 1. The van der Waals surface area contributed by atoms with E-state index in [1.165, 1.54) is 34.9 Å². The van der Waals surface area contributed by atoms with Gasteiger partial charge in [-0.25, -0.2) is 0 Å². The lowest BCUT2D eigenvalue weighted by Gasteiger charge is -2.21. The third-order valence-corrected chi connectivity index (χ3v) is 4.35. The van der Waals surface area contributed by atoms with Crippen molar-refractivity contribution < 1.29 is 22.7 Å². The second-order valence-electron chi connectivity index (χ2n) is 5.50. The Balaban J connectivity index is 2.23. The van der Waals surface area contributed by atoms with E-state index < -0.39 is 6.36 Å². The minimum absolute atomic E-state index is 0.00796. The van der Waals surface area contributed by atoms with E-state index in [2.05, 4.69) is 4.74 Å². The number of thioether (sulfide) groups is 1. The largest absolute Gasteiger partial charge is 0.573 e. The van der Waals surface area contributed by atoms with Gasteiger partial charge in [0, 0.05) is 29.6 Å². The Kier molecular flexibility index (Phi) is 6.00. The third kappa shape index (κ3) is 5.16. The Morgan fingerprint density at radius 3 is 2.52 bits per heavy atom. The van der Waals surface area contributed by atoms with Gasteiger partial charge in [-0.2, -0.15) is 0 Å². The van der Waals surface area contributed by atoms with Crippen LogP contribution in [0.5, 0.6) is 5.75 Å². The number of rotatable bonds is 5. The summed E-state index contributed by atoms with van der Waals surface area (Å²) in [6, 6.07) is 11.4. The summed E-state index contributed by atoms with van der Waals surface area (Å²) in [5.41, 5.74) is 1.63. The van der Waals surface area contributed by atoms with Crippen LogP contribution in [0.2, 0.25) is 0 Å². The monoisotopic (exact) mass is 369 g/mol. The van der Waals surface area contributed by atoms with Crippen LogP contribution in [0, 0.1) is 6.92 Å². The molecule has 0 saturated heterocycles. The molecule has 7 heteroatoms. The molecule has 0 aromatic heterocycles. The summed E-state index contributed by atoms with van der Waals surface area (Å²) in [5.74, 6) is -0.556. The van der Waals surface area contributed by atoms with Gasteiger partial charge in [0.1, 0.15) is 5.75 Å². The van der Waals surface area contributed by atoms with E-state index in [0.29, 0.717) is 5.56 Å². The fourth-order valence-electron chi connectivity index (χ4n) is 2.35. The molecule has 0 N–H and O–H groups in total. The second kappa shape index (κ2) is 7.82. The molecule has 0 aliphatic rings. The molecule has 3 nitrogen and oxygen atoms in total. The Hall–Kier alpha value is -2.15. The Morgan fingerprint density at radius 2 is 1.88 bits per heavy atom. The summed E-state index contributed by atoms with van der Waals surface area (Å²) in [6.07, 6.45) is -2.87. The zero-order valence-electron chi connectivity index (χ0n) is 14.1. The molecule has 134 valence electrons. The lowest BCUT2D eigenvalue weighted by molar-refractivity contribution is -0.274. The number of halogens is 3. The van der Waals surface area contributed by atoms with Crippen LogP contribution in [0.25, 0.3) is 0 Å². The normalized spacial score (nSPS) is 11.3. The molecule has 0 saturated carbocycles. The van der Waals surface area contributed by atoms with E-state index in [1.54, 1.807) is 19.2 Å². The molecule has 25 heavy (non-hydrogen) atoms. The summed E-state index contributed by atoms with van der Waals surface area (Å²) in [6.45, 7) is 1.83. The molecular formula is C18H18F3NO2S. The predicted octanol–water partition coefficient (Wildman–Crippen LogP) is 4.89. The van der Waals surface area contributed by atoms with Crippen molar-refractivity contribution in [3.8, 4) is 5.75 Å². The van der Waals surface area contributed by atoms with Crippen LogP contribution >= 0.6 is 11.8 Å². The van der Waals surface area contributed by atoms with Gasteiger partial charge in [0.2, 0.25) is 0 Å². The summed E-state index contributed by atoms with van der Waals surface area (Å²) < 4.78 is 41.6. The quantitative estimate of drug-likeness (QED) is 0.703. The van der Waals surface area contributed by atoms with Crippen LogP contribution in [0.1, 0.15) is 21.5 Å². The molecule has 0 spiro atoms. The van der Waals surface area contributed by atoms with Crippen LogP contribution in [-0.2, 0) is 6.54 Å². The lowest BCUT2D eigenvalue weighted by atomic mass is 10.1. The zero-order chi connectivity index (χ0) is 18.6. The van der Waals surface area contributed by atoms with Crippen molar-refractivity contribution in [3.05, 3.63) is 59.2 Å². The SMILES string of the molecule is CSc1ccc(C)c(C(=O)N(C)Cc2ccccc2OC(F)(F)F)c1. The molecule has 0 unspecified atom stereocenters. The van der Waals surface area contributed by atoms with Crippen molar-refractivity contribution in [1.82, 2.24) is 4.90 Å². The number of nitrogens with zero attached hydrogens (tertiary/aromatic N) is 1. The fourth-order valence-corrected chi connectivity index (χ4v) is 2.79. The molecule has 0 atom stereocenters. The second-order valence-corrected chi connectivity index (χ2v) is 6.38. The molecule has 0 radical (unpaired) electrons. The highest BCUT2D eigenvalue weighted by atomic mass is 32.2. The van der Waals surface area contributed by atoms with Gasteiger partial charge in [-0.3, -0.25) is 4.79 Å². The van der Waals surface area contributed by atoms with Gasteiger partial charge >= 0.3 is 6.36 Å². The molecule has 0 fully saturated rings. The van der Waals surface area contributed by atoms with Crippen molar-refractivity contribution in [2.75, 3.05) is 13.3 Å². The van der Waals surface area contributed by atoms with Crippen LogP contribution in [0.4, 0.5) is 13.2 Å². The number of ether oxygens (including phenoxy) is 1. The number of benzene rings is 2. The molecular weight excluding hydrogens is 351 g/mol. The van der Waals surface area contributed by atoms with Gasteiger partial charge in [0.25, 0.3) is 5.91 Å². The summed E-state index contributed by atoms with van der Waals surface area (Å²) >= 11 is 1.52. The van der Waals surface area contributed by atoms with Crippen molar-refractivity contribution in [2.24, 2.45) is 0 Å². The lowest BCUT2D eigenvalue weighted by Crippen LogP contribution is -2.27. The predicted molar refractivity (Wildman–Crippen MR) is 91.9 cm³/mol. The first-order valence-corrected chi connectivity index (χ1v) is 8.67. The smallest absolute Gasteiger partial charge is 0.405 e. The summed E-state index contributed by atoms with van der Waals surface area (Å²) in [7, 11) is 1.55. The molecule has 0 aliphatic carbocycles. The average molecular weight is 369 g/mol. The van der Waals surface area contributed by atoms with Gasteiger partial charge < -0.3 is 9.64 Å². The number of hydrogen-bond acceptors (Lipinski definition) is 3. The van der Waals surface area contributed by atoms with Crippen molar-refractivity contribution in [3.63, 3.8) is 0 Å². The molecule has 1 amide bonds. The van der Waals surface area contributed by atoms with Crippen LogP contribution in [0.15, 0.2) is 47.4 Å². The van der Waals surface area contributed by atoms with Gasteiger partial charge in [-0.1, -0.05) is 24.3 Å². The van der Waals surface area contributed by atoms with Gasteiger partial charge in [0.15, 0.2) is 0 Å². The molecule has 2 aromatic carbocycles. The van der Waals surface area contributed by atoms with Crippen LogP contribution < -0.4 is 4.74 Å². The van der Waals surface area contributed by atoms with Crippen molar-refractivity contribution in [1.29, 1.82) is 0 Å². The maximum absolute atomic E-state index is 12.7. The van der Waals surface area contributed by atoms with Crippen molar-refractivity contribution >= 4 is 17.7 Å². The molecule has 2 aromatic rings. The Morgan fingerprint density at radius 1 is 1.20 bits per heavy atom. The minimum Gasteiger partial charge on any atom is -0.405 e. The Bertz CT molecular complexity index is 762. The first-order valence-electron chi connectivity index (χ1n) is 7.45. The van der Waals surface area contributed by atoms with Crippen molar-refractivity contribution in [2.45, 2.75) is 24.7 Å². The number of carbonyl (C=O) groups excluding carboxylic acids is 1. The number of carbonyl (C=O) groups is 1. The molecule has 0 heterocycles. The number of amides is 1. The first-order chi connectivity index (χ1) is 11.7. The Labute approximate surface area is 148 Å².